The largest absolute Gasteiger partial charge is 0.462 e. The topological polar surface area (TPSA) is 43.4 Å². The zero-order chi connectivity index (χ0) is 20.9. The van der Waals surface area contributed by atoms with Gasteiger partial charge in [-0.15, -0.1) is 0 Å². The third-order valence-corrected chi connectivity index (χ3v) is 9.72. The zero-order valence-corrected chi connectivity index (χ0v) is 18.9. The van der Waals surface area contributed by atoms with E-state index in [0.29, 0.717) is 24.5 Å². The van der Waals surface area contributed by atoms with Gasteiger partial charge in [0.2, 0.25) is 0 Å². The lowest BCUT2D eigenvalue weighted by molar-refractivity contribution is -0.155. The molecule has 5 rings (SSSR count). The van der Waals surface area contributed by atoms with Crippen LogP contribution in [0.25, 0.3) is 0 Å². The van der Waals surface area contributed by atoms with Gasteiger partial charge in [-0.05, 0) is 69.3 Å². The highest BCUT2D eigenvalue weighted by molar-refractivity contribution is 5.92. The molecule has 0 unspecified atom stereocenters. The molecular weight excluding hydrogens is 372 g/mol. The molecule has 5 aliphatic carbocycles. The summed E-state index contributed by atoms with van der Waals surface area (Å²) in [6.45, 7) is 4.78. The third kappa shape index (κ3) is 3.31. The van der Waals surface area contributed by atoms with Gasteiger partial charge < -0.3 is 4.74 Å². The van der Waals surface area contributed by atoms with Gasteiger partial charge in [0, 0.05) is 23.7 Å². The van der Waals surface area contributed by atoms with E-state index >= 15 is 0 Å². The van der Waals surface area contributed by atoms with Crippen LogP contribution in [0, 0.1) is 22.7 Å². The molecule has 2 fully saturated rings. The lowest BCUT2D eigenvalue weighted by Gasteiger charge is -2.51. The SMILES string of the molecule is C[C@]12CCC(=O)C=C1CCC1=C2CC[C@]2(C)[C@@H](OC(=O)CCC3CCCC3)CC[C@@H]12. The Kier molecular flexibility index (Phi) is 5.22. The van der Waals surface area contributed by atoms with Crippen LogP contribution in [-0.2, 0) is 14.3 Å². The highest BCUT2D eigenvalue weighted by atomic mass is 16.5. The van der Waals surface area contributed by atoms with Crippen LogP contribution in [0.3, 0.4) is 0 Å². The van der Waals surface area contributed by atoms with Crippen LogP contribution in [-0.4, -0.2) is 17.9 Å². The number of allylic oxidation sites excluding steroid dienone is 4. The van der Waals surface area contributed by atoms with Crippen LogP contribution >= 0.6 is 0 Å². The predicted molar refractivity (Wildman–Crippen MR) is 118 cm³/mol. The van der Waals surface area contributed by atoms with Gasteiger partial charge in [-0.2, -0.15) is 0 Å². The summed E-state index contributed by atoms with van der Waals surface area (Å²) < 4.78 is 6.15. The molecule has 30 heavy (non-hydrogen) atoms. The van der Waals surface area contributed by atoms with Crippen LogP contribution in [0.4, 0.5) is 0 Å². The zero-order valence-electron chi connectivity index (χ0n) is 18.9. The summed E-state index contributed by atoms with van der Waals surface area (Å²) >= 11 is 0. The van der Waals surface area contributed by atoms with Crippen molar-refractivity contribution in [2.45, 2.75) is 110 Å². The smallest absolute Gasteiger partial charge is 0.306 e. The maximum atomic E-state index is 12.7. The average Bonchev–Trinajstić information content (AvgIpc) is 3.35. The van der Waals surface area contributed by atoms with Gasteiger partial charge in [0.25, 0.3) is 0 Å². The Morgan fingerprint density at radius 3 is 2.63 bits per heavy atom. The van der Waals surface area contributed by atoms with Crippen LogP contribution in [0.1, 0.15) is 104 Å². The van der Waals surface area contributed by atoms with Gasteiger partial charge in [-0.3, -0.25) is 9.59 Å². The maximum absolute atomic E-state index is 12.7. The van der Waals surface area contributed by atoms with Crippen LogP contribution in [0.2, 0.25) is 0 Å². The number of esters is 1. The molecule has 3 nitrogen and oxygen atoms in total. The van der Waals surface area contributed by atoms with E-state index in [9.17, 15) is 9.59 Å². The van der Waals surface area contributed by atoms with Gasteiger partial charge in [0.05, 0.1) is 0 Å². The first-order chi connectivity index (χ1) is 14.4. The number of carbonyl (C=O) groups excluding carboxylic acids is 2. The third-order valence-electron chi connectivity index (χ3n) is 9.72. The fourth-order valence-corrected chi connectivity index (χ4v) is 7.78. The van der Waals surface area contributed by atoms with E-state index in [1.54, 1.807) is 11.1 Å². The molecule has 5 aliphatic rings. The monoisotopic (exact) mass is 410 g/mol. The molecule has 0 aromatic rings. The summed E-state index contributed by atoms with van der Waals surface area (Å²) in [5.41, 5.74) is 4.91. The van der Waals surface area contributed by atoms with Crippen molar-refractivity contribution in [2.24, 2.45) is 22.7 Å². The molecule has 0 amide bonds. The molecule has 2 saturated carbocycles. The van der Waals surface area contributed by atoms with Gasteiger partial charge in [0.1, 0.15) is 6.10 Å². The lowest BCUT2D eigenvalue weighted by atomic mass is 9.54. The van der Waals surface area contributed by atoms with Gasteiger partial charge in [0.15, 0.2) is 5.78 Å². The summed E-state index contributed by atoms with van der Waals surface area (Å²) in [6.07, 6.45) is 17.2. The Bertz CT molecular complexity index is 799. The molecule has 0 bridgehead atoms. The van der Waals surface area contributed by atoms with Crippen molar-refractivity contribution in [3.63, 3.8) is 0 Å². The molecule has 0 saturated heterocycles. The normalized spacial score (nSPS) is 38.7. The second-order valence-electron chi connectivity index (χ2n) is 11.3. The summed E-state index contributed by atoms with van der Waals surface area (Å²) in [5, 5.41) is 0. The van der Waals surface area contributed by atoms with Crippen molar-refractivity contribution in [3.05, 3.63) is 22.8 Å². The average molecular weight is 411 g/mol. The number of ether oxygens (including phenoxy) is 1. The summed E-state index contributed by atoms with van der Waals surface area (Å²) in [5.74, 6) is 1.67. The summed E-state index contributed by atoms with van der Waals surface area (Å²) in [7, 11) is 0. The van der Waals surface area contributed by atoms with Crippen molar-refractivity contribution in [1.29, 1.82) is 0 Å². The predicted octanol–water partition coefficient (Wildman–Crippen LogP) is 6.46. The van der Waals surface area contributed by atoms with E-state index in [-0.39, 0.29) is 22.9 Å². The minimum Gasteiger partial charge on any atom is -0.462 e. The molecule has 0 heterocycles. The highest BCUT2D eigenvalue weighted by Gasteiger charge is 2.55. The van der Waals surface area contributed by atoms with E-state index in [2.05, 4.69) is 13.8 Å². The summed E-state index contributed by atoms with van der Waals surface area (Å²) in [6, 6.07) is 0. The second-order valence-corrected chi connectivity index (χ2v) is 11.3. The van der Waals surface area contributed by atoms with Gasteiger partial charge >= 0.3 is 5.97 Å². The fourth-order valence-electron chi connectivity index (χ4n) is 7.78. The number of carbonyl (C=O) groups is 2. The van der Waals surface area contributed by atoms with E-state index in [1.165, 1.54) is 31.3 Å². The van der Waals surface area contributed by atoms with Crippen molar-refractivity contribution >= 4 is 11.8 Å². The number of rotatable bonds is 4. The number of ketones is 1. The number of hydrogen-bond donors (Lipinski definition) is 0. The Labute approximate surface area is 181 Å². The quantitative estimate of drug-likeness (QED) is 0.394. The molecule has 0 aliphatic heterocycles. The minimum absolute atomic E-state index is 0.0418. The first-order valence-corrected chi connectivity index (χ1v) is 12.6. The molecule has 4 atom stereocenters. The van der Waals surface area contributed by atoms with Crippen molar-refractivity contribution < 1.29 is 14.3 Å². The van der Waals surface area contributed by atoms with E-state index < -0.39 is 0 Å². The van der Waals surface area contributed by atoms with E-state index in [0.717, 1.165) is 57.3 Å². The molecule has 3 heteroatoms. The molecule has 0 aromatic carbocycles. The van der Waals surface area contributed by atoms with Gasteiger partial charge in [-0.1, -0.05) is 56.3 Å². The molecule has 0 N–H and O–H groups in total. The first kappa shape index (κ1) is 20.5. The van der Waals surface area contributed by atoms with Crippen molar-refractivity contribution in [3.8, 4) is 0 Å². The Hall–Kier alpha value is -1.38. The molecule has 0 radical (unpaired) electrons. The van der Waals surface area contributed by atoms with Crippen LogP contribution in [0.5, 0.6) is 0 Å². The minimum atomic E-state index is 0.0418. The van der Waals surface area contributed by atoms with Crippen molar-refractivity contribution in [1.82, 2.24) is 0 Å². The van der Waals surface area contributed by atoms with Crippen molar-refractivity contribution in [2.75, 3.05) is 0 Å². The van der Waals surface area contributed by atoms with Crippen LogP contribution < -0.4 is 0 Å². The standard InChI is InChI=1S/C27H38O3/c1-26-15-13-20(28)17-19(26)8-9-21-22-10-11-24(27(22,2)16-14-23(21)26)30-25(29)12-7-18-5-3-4-6-18/h17-18,22,24H,3-16H2,1-2H3/t22-,24-,26-,27-/m0/s1. The Balaban J connectivity index is 1.30. The Morgan fingerprint density at radius 1 is 1.03 bits per heavy atom. The number of hydrogen-bond acceptors (Lipinski definition) is 3. The second kappa shape index (κ2) is 7.64. The highest BCUT2D eigenvalue weighted by Crippen LogP contribution is 2.62. The summed E-state index contributed by atoms with van der Waals surface area (Å²) in [4.78, 5) is 24.6. The lowest BCUT2D eigenvalue weighted by Crippen LogP contribution is -2.43. The molecular formula is C27H38O3. The first-order valence-electron chi connectivity index (χ1n) is 12.6. The van der Waals surface area contributed by atoms with E-state index in [4.69, 9.17) is 4.74 Å². The van der Waals surface area contributed by atoms with E-state index in [1.807, 2.05) is 6.08 Å². The molecule has 0 spiro atoms. The van der Waals surface area contributed by atoms with Gasteiger partial charge in [-0.25, -0.2) is 0 Å². The fraction of sp³-hybridized carbons (Fsp3) is 0.778. The maximum Gasteiger partial charge on any atom is 0.306 e. The number of fused-ring (bicyclic) bond motifs is 4. The Morgan fingerprint density at radius 2 is 1.83 bits per heavy atom. The van der Waals surface area contributed by atoms with Crippen LogP contribution in [0.15, 0.2) is 22.8 Å². The molecule has 164 valence electrons. The molecule has 0 aromatic heterocycles.